The van der Waals surface area contributed by atoms with Crippen molar-refractivity contribution in [2.24, 2.45) is 7.05 Å². The number of aryl methyl sites for hydroxylation is 2. The van der Waals surface area contributed by atoms with Crippen molar-refractivity contribution in [1.82, 2.24) is 15.2 Å². The van der Waals surface area contributed by atoms with Gasteiger partial charge in [0.2, 0.25) is 5.91 Å². The monoisotopic (exact) mass is 317 g/mol. The number of rotatable bonds is 5. The molecule has 0 unspecified atom stereocenters. The Bertz CT molecular complexity index is 779. The Kier molecular flexibility index (Phi) is 4.68. The number of carboxylic acid groups (broad SMARTS) is 1. The number of hydrogen-bond acceptors (Lipinski definition) is 3. The van der Waals surface area contributed by atoms with E-state index in [-0.39, 0.29) is 5.91 Å². The number of carboxylic acids is 1. The molecule has 1 aromatic carbocycles. The molecule has 0 fully saturated rings. The molecule has 122 valence electrons. The quantitative estimate of drug-likeness (QED) is 0.759. The minimum Gasteiger partial charge on any atom is -0.480 e. The molecule has 1 aromatic heterocycles. The maximum Gasteiger partial charge on any atom is 0.322 e. The number of carbonyl (C=O) groups excluding carboxylic acids is 2. The zero-order chi connectivity index (χ0) is 17.1. The summed E-state index contributed by atoms with van der Waals surface area (Å²) in [7, 11) is 1.78. The third-order valence-corrected chi connectivity index (χ3v) is 3.59. The fourth-order valence-electron chi connectivity index (χ4n) is 2.34. The first-order chi connectivity index (χ1) is 10.8. The van der Waals surface area contributed by atoms with E-state index in [0.29, 0.717) is 5.69 Å². The Balaban J connectivity index is 2.13. The van der Waals surface area contributed by atoms with E-state index < -0.39 is 24.5 Å². The Hall–Kier alpha value is -2.83. The predicted molar refractivity (Wildman–Crippen MR) is 85.2 cm³/mol. The summed E-state index contributed by atoms with van der Waals surface area (Å²) in [6, 6.07) is 6.81. The SMILES string of the molecule is Cc1ccc2c(c1)cc(C(=O)N[C@@H](C)C(=O)NCC(=O)O)n2C. The Morgan fingerprint density at radius 2 is 1.96 bits per heavy atom. The van der Waals surface area contributed by atoms with Crippen LogP contribution in [0.3, 0.4) is 0 Å². The predicted octanol–water partition coefficient (Wildman–Crippen LogP) is 0.806. The van der Waals surface area contributed by atoms with Gasteiger partial charge in [-0.05, 0) is 32.0 Å². The third-order valence-electron chi connectivity index (χ3n) is 3.59. The highest BCUT2D eigenvalue weighted by molar-refractivity contribution is 6.01. The molecular weight excluding hydrogens is 298 g/mol. The lowest BCUT2D eigenvalue weighted by atomic mass is 10.2. The maximum absolute atomic E-state index is 12.3. The van der Waals surface area contributed by atoms with Gasteiger partial charge in [0.15, 0.2) is 0 Å². The zero-order valence-corrected chi connectivity index (χ0v) is 13.2. The molecule has 0 saturated heterocycles. The Morgan fingerprint density at radius 1 is 1.26 bits per heavy atom. The van der Waals surface area contributed by atoms with E-state index in [1.165, 1.54) is 6.92 Å². The van der Waals surface area contributed by atoms with Crippen molar-refractivity contribution in [1.29, 1.82) is 0 Å². The number of carbonyl (C=O) groups is 3. The van der Waals surface area contributed by atoms with Crippen LogP contribution in [0.25, 0.3) is 10.9 Å². The van der Waals surface area contributed by atoms with Crippen molar-refractivity contribution in [2.45, 2.75) is 19.9 Å². The molecule has 2 amide bonds. The highest BCUT2D eigenvalue weighted by Gasteiger charge is 2.19. The van der Waals surface area contributed by atoms with Crippen LogP contribution in [0.5, 0.6) is 0 Å². The van der Waals surface area contributed by atoms with Crippen LogP contribution in [-0.2, 0) is 16.6 Å². The molecule has 0 radical (unpaired) electrons. The summed E-state index contributed by atoms with van der Waals surface area (Å²) in [4.78, 5) is 34.5. The highest BCUT2D eigenvalue weighted by atomic mass is 16.4. The normalized spacial score (nSPS) is 12.0. The number of aromatic nitrogens is 1. The fourth-order valence-corrected chi connectivity index (χ4v) is 2.34. The lowest BCUT2D eigenvalue weighted by Gasteiger charge is -2.13. The van der Waals surface area contributed by atoms with Crippen molar-refractivity contribution in [3.05, 3.63) is 35.5 Å². The molecule has 1 heterocycles. The van der Waals surface area contributed by atoms with Crippen LogP contribution in [0.2, 0.25) is 0 Å². The minimum absolute atomic E-state index is 0.390. The summed E-state index contributed by atoms with van der Waals surface area (Å²) in [6.45, 7) is 3.00. The molecular formula is C16H19N3O4. The van der Waals surface area contributed by atoms with Gasteiger partial charge in [-0.25, -0.2) is 0 Å². The summed E-state index contributed by atoms with van der Waals surface area (Å²) in [5.74, 6) is -2.07. The summed E-state index contributed by atoms with van der Waals surface area (Å²) in [5, 5.41) is 14.3. The molecule has 0 aliphatic carbocycles. The number of benzene rings is 1. The lowest BCUT2D eigenvalue weighted by molar-refractivity contribution is -0.138. The second-order valence-electron chi connectivity index (χ2n) is 5.46. The van der Waals surface area contributed by atoms with Crippen molar-refractivity contribution < 1.29 is 19.5 Å². The van der Waals surface area contributed by atoms with E-state index in [9.17, 15) is 14.4 Å². The van der Waals surface area contributed by atoms with Crippen molar-refractivity contribution >= 4 is 28.7 Å². The largest absolute Gasteiger partial charge is 0.480 e. The Morgan fingerprint density at radius 3 is 2.61 bits per heavy atom. The van der Waals surface area contributed by atoms with Gasteiger partial charge in [0.25, 0.3) is 5.91 Å². The van der Waals surface area contributed by atoms with Gasteiger partial charge in [0, 0.05) is 18.0 Å². The average Bonchev–Trinajstić information content (AvgIpc) is 2.81. The molecule has 0 saturated carbocycles. The van der Waals surface area contributed by atoms with Crippen LogP contribution >= 0.6 is 0 Å². The molecule has 0 bridgehead atoms. The van der Waals surface area contributed by atoms with Crippen LogP contribution in [0.15, 0.2) is 24.3 Å². The summed E-state index contributed by atoms with van der Waals surface area (Å²) in [6.07, 6.45) is 0. The molecule has 0 spiro atoms. The van der Waals surface area contributed by atoms with Crippen LogP contribution < -0.4 is 10.6 Å². The number of amides is 2. The van der Waals surface area contributed by atoms with Crippen molar-refractivity contribution in [2.75, 3.05) is 6.54 Å². The van der Waals surface area contributed by atoms with E-state index in [4.69, 9.17) is 5.11 Å². The minimum atomic E-state index is -1.14. The first-order valence-corrected chi connectivity index (χ1v) is 7.16. The van der Waals surface area contributed by atoms with Gasteiger partial charge in [-0.15, -0.1) is 0 Å². The second kappa shape index (κ2) is 6.51. The average molecular weight is 317 g/mol. The van der Waals surface area contributed by atoms with Gasteiger partial charge in [-0.2, -0.15) is 0 Å². The molecule has 3 N–H and O–H groups in total. The highest BCUT2D eigenvalue weighted by Crippen LogP contribution is 2.20. The molecule has 2 rings (SSSR count). The van der Waals surface area contributed by atoms with E-state index in [1.807, 2.05) is 25.1 Å². The van der Waals surface area contributed by atoms with Crippen molar-refractivity contribution in [3.8, 4) is 0 Å². The van der Waals surface area contributed by atoms with E-state index in [1.54, 1.807) is 17.7 Å². The van der Waals surface area contributed by atoms with Crippen LogP contribution in [0.4, 0.5) is 0 Å². The maximum atomic E-state index is 12.3. The van der Waals surface area contributed by atoms with E-state index >= 15 is 0 Å². The number of nitrogens with one attached hydrogen (secondary N) is 2. The van der Waals surface area contributed by atoms with Gasteiger partial charge in [-0.3, -0.25) is 14.4 Å². The zero-order valence-electron chi connectivity index (χ0n) is 13.2. The first kappa shape index (κ1) is 16.5. The van der Waals surface area contributed by atoms with E-state index in [2.05, 4.69) is 10.6 Å². The molecule has 23 heavy (non-hydrogen) atoms. The number of aliphatic carboxylic acids is 1. The van der Waals surface area contributed by atoms with Crippen molar-refractivity contribution in [3.63, 3.8) is 0 Å². The molecule has 2 aromatic rings. The molecule has 7 heteroatoms. The smallest absolute Gasteiger partial charge is 0.322 e. The fraction of sp³-hybridized carbons (Fsp3) is 0.312. The standard InChI is InChI=1S/C16H19N3O4/c1-9-4-5-12-11(6-9)7-13(19(12)3)16(23)18-10(2)15(22)17-8-14(20)21/h4-7,10H,8H2,1-3H3,(H,17,22)(H,18,23)(H,20,21)/t10-/m0/s1. The summed E-state index contributed by atoms with van der Waals surface area (Å²) < 4.78 is 1.76. The van der Waals surface area contributed by atoms with Gasteiger partial charge < -0.3 is 20.3 Å². The van der Waals surface area contributed by atoms with Crippen LogP contribution in [0, 0.1) is 6.92 Å². The number of fused-ring (bicyclic) bond motifs is 1. The Labute approximate surface area is 133 Å². The lowest BCUT2D eigenvalue weighted by Crippen LogP contribution is -2.46. The topological polar surface area (TPSA) is 100 Å². The molecule has 0 aliphatic rings. The van der Waals surface area contributed by atoms with Gasteiger partial charge >= 0.3 is 5.97 Å². The van der Waals surface area contributed by atoms with E-state index in [0.717, 1.165) is 16.5 Å². The summed E-state index contributed by atoms with van der Waals surface area (Å²) in [5.41, 5.74) is 2.45. The van der Waals surface area contributed by atoms with Gasteiger partial charge in [0.1, 0.15) is 18.3 Å². The van der Waals surface area contributed by atoms with Crippen LogP contribution in [0.1, 0.15) is 23.0 Å². The second-order valence-corrected chi connectivity index (χ2v) is 5.46. The number of hydrogen-bond donors (Lipinski definition) is 3. The first-order valence-electron chi connectivity index (χ1n) is 7.16. The number of nitrogens with zero attached hydrogens (tertiary/aromatic N) is 1. The van der Waals surface area contributed by atoms with Gasteiger partial charge in [-0.1, -0.05) is 11.6 Å². The summed E-state index contributed by atoms with van der Waals surface area (Å²) >= 11 is 0. The molecule has 1 atom stereocenters. The molecule has 7 nitrogen and oxygen atoms in total. The van der Waals surface area contributed by atoms with Crippen LogP contribution in [-0.4, -0.2) is 40.0 Å². The third kappa shape index (κ3) is 3.68. The molecule has 0 aliphatic heterocycles. The van der Waals surface area contributed by atoms with Gasteiger partial charge in [0.05, 0.1) is 0 Å².